The zero-order chi connectivity index (χ0) is 14.5. The Balaban J connectivity index is 1.99. The number of amides is 1. The summed E-state index contributed by atoms with van der Waals surface area (Å²) in [4.78, 5) is 21.2. The number of nitrogens with two attached hydrogens (primary N) is 1. The van der Waals surface area contributed by atoms with Crippen LogP contribution in [0.1, 0.15) is 9.67 Å². The summed E-state index contributed by atoms with van der Waals surface area (Å²) in [6.45, 7) is 4.48. The predicted molar refractivity (Wildman–Crippen MR) is 80.3 cm³/mol. The average molecular weight is 299 g/mol. The molecule has 1 aliphatic rings. The Bertz CT molecular complexity index is 457. The molecule has 20 heavy (non-hydrogen) atoms. The lowest BCUT2D eigenvalue weighted by molar-refractivity contribution is 0.0670. The summed E-state index contributed by atoms with van der Waals surface area (Å²) in [5.74, 6) is 0.284. The molecule has 3 N–H and O–H groups in total. The number of carbonyl (C=O) groups is 1. The molecular weight excluding hydrogens is 278 g/mol. The SMILES string of the molecule is COCCNc1nc(N)c(C(=O)N2CCN(C)CC2)s1. The molecule has 2 heterocycles. The van der Waals surface area contributed by atoms with Gasteiger partial charge in [0.2, 0.25) is 0 Å². The van der Waals surface area contributed by atoms with Crippen molar-refractivity contribution in [1.82, 2.24) is 14.8 Å². The van der Waals surface area contributed by atoms with E-state index >= 15 is 0 Å². The van der Waals surface area contributed by atoms with Gasteiger partial charge < -0.3 is 25.6 Å². The van der Waals surface area contributed by atoms with Crippen molar-refractivity contribution < 1.29 is 9.53 Å². The van der Waals surface area contributed by atoms with Crippen LogP contribution in [-0.2, 0) is 4.74 Å². The molecule has 1 aliphatic heterocycles. The van der Waals surface area contributed by atoms with Crippen LogP contribution in [0.2, 0.25) is 0 Å². The maximum atomic E-state index is 12.4. The van der Waals surface area contributed by atoms with Crippen molar-refractivity contribution in [2.75, 3.05) is 64.5 Å². The van der Waals surface area contributed by atoms with Crippen LogP contribution in [-0.4, -0.2) is 74.2 Å². The molecule has 2 rings (SSSR count). The number of hydrogen-bond donors (Lipinski definition) is 2. The van der Waals surface area contributed by atoms with Gasteiger partial charge in [-0.05, 0) is 7.05 Å². The first-order valence-electron chi connectivity index (χ1n) is 6.58. The first kappa shape index (κ1) is 15.0. The Kier molecular flexibility index (Phi) is 5.16. The number of hydrogen-bond acceptors (Lipinski definition) is 7. The molecule has 8 heteroatoms. The zero-order valence-corrected chi connectivity index (χ0v) is 12.7. The number of thiazole rings is 1. The Morgan fingerprint density at radius 2 is 2.15 bits per heavy atom. The quantitative estimate of drug-likeness (QED) is 0.754. The smallest absolute Gasteiger partial charge is 0.267 e. The molecule has 1 saturated heterocycles. The number of nitrogens with zero attached hydrogens (tertiary/aromatic N) is 3. The van der Waals surface area contributed by atoms with Gasteiger partial charge >= 0.3 is 0 Å². The summed E-state index contributed by atoms with van der Waals surface area (Å²) in [6.07, 6.45) is 0. The van der Waals surface area contributed by atoms with Crippen LogP contribution >= 0.6 is 11.3 Å². The van der Waals surface area contributed by atoms with E-state index in [1.807, 2.05) is 4.90 Å². The summed E-state index contributed by atoms with van der Waals surface area (Å²) in [5.41, 5.74) is 5.85. The molecule has 0 spiro atoms. The van der Waals surface area contributed by atoms with Gasteiger partial charge in [-0.1, -0.05) is 11.3 Å². The van der Waals surface area contributed by atoms with Crippen LogP contribution in [0.5, 0.6) is 0 Å². The van der Waals surface area contributed by atoms with E-state index in [4.69, 9.17) is 10.5 Å². The molecule has 1 fully saturated rings. The lowest BCUT2D eigenvalue weighted by atomic mass is 10.3. The van der Waals surface area contributed by atoms with Gasteiger partial charge in [-0.3, -0.25) is 4.79 Å². The van der Waals surface area contributed by atoms with Crippen molar-refractivity contribution in [3.63, 3.8) is 0 Å². The number of ether oxygens (including phenoxy) is 1. The first-order valence-corrected chi connectivity index (χ1v) is 7.40. The average Bonchev–Trinajstić information content (AvgIpc) is 2.80. The van der Waals surface area contributed by atoms with Crippen LogP contribution in [0.25, 0.3) is 0 Å². The molecule has 112 valence electrons. The fourth-order valence-corrected chi connectivity index (χ4v) is 2.85. The molecular formula is C12H21N5O2S. The number of aromatic nitrogens is 1. The van der Waals surface area contributed by atoms with Crippen molar-refractivity contribution in [2.24, 2.45) is 0 Å². The second kappa shape index (κ2) is 6.87. The lowest BCUT2D eigenvalue weighted by Gasteiger charge is -2.32. The standard InChI is InChI=1S/C12H21N5O2S/c1-16-4-6-17(7-5-16)11(18)9-10(13)15-12(20-9)14-3-8-19-2/h3-8,13H2,1-2H3,(H,14,15). The predicted octanol–water partition coefficient (Wildman–Crippen LogP) is 0.171. The zero-order valence-electron chi connectivity index (χ0n) is 11.9. The maximum absolute atomic E-state index is 12.4. The van der Waals surface area contributed by atoms with Gasteiger partial charge in [0.1, 0.15) is 10.7 Å². The molecule has 7 nitrogen and oxygen atoms in total. The van der Waals surface area contributed by atoms with Crippen LogP contribution in [0.15, 0.2) is 0 Å². The molecule has 0 aliphatic carbocycles. The van der Waals surface area contributed by atoms with E-state index in [-0.39, 0.29) is 5.91 Å². The summed E-state index contributed by atoms with van der Waals surface area (Å²) in [7, 11) is 3.70. The summed E-state index contributed by atoms with van der Waals surface area (Å²) in [5, 5.41) is 3.76. The fraction of sp³-hybridized carbons (Fsp3) is 0.667. The van der Waals surface area contributed by atoms with E-state index in [0.717, 1.165) is 26.2 Å². The molecule has 1 amide bonds. The van der Waals surface area contributed by atoms with Gasteiger partial charge in [0, 0.05) is 39.8 Å². The van der Waals surface area contributed by atoms with Crippen LogP contribution in [0.3, 0.4) is 0 Å². The summed E-state index contributed by atoms with van der Waals surface area (Å²) < 4.78 is 4.96. The van der Waals surface area contributed by atoms with E-state index in [1.54, 1.807) is 7.11 Å². The Hall–Kier alpha value is -1.38. The molecule has 0 saturated carbocycles. The number of anilines is 2. The van der Waals surface area contributed by atoms with E-state index in [2.05, 4.69) is 22.2 Å². The van der Waals surface area contributed by atoms with Crippen LogP contribution in [0.4, 0.5) is 10.9 Å². The lowest BCUT2D eigenvalue weighted by Crippen LogP contribution is -2.47. The largest absolute Gasteiger partial charge is 0.383 e. The maximum Gasteiger partial charge on any atom is 0.267 e. The van der Waals surface area contributed by atoms with Crippen LogP contribution < -0.4 is 11.1 Å². The van der Waals surface area contributed by atoms with E-state index in [1.165, 1.54) is 11.3 Å². The van der Waals surface area contributed by atoms with Crippen LogP contribution in [0, 0.1) is 0 Å². The highest BCUT2D eigenvalue weighted by Gasteiger charge is 2.24. The Morgan fingerprint density at radius 3 is 2.80 bits per heavy atom. The molecule has 0 radical (unpaired) electrons. The number of nitrogen functional groups attached to an aromatic ring is 1. The van der Waals surface area contributed by atoms with E-state index < -0.39 is 0 Å². The van der Waals surface area contributed by atoms with Gasteiger partial charge in [-0.2, -0.15) is 0 Å². The first-order chi connectivity index (χ1) is 9.61. The van der Waals surface area contributed by atoms with Gasteiger partial charge in [0.05, 0.1) is 6.61 Å². The van der Waals surface area contributed by atoms with Crippen molar-refractivity contribution >= 4 is 28.2 Å². The fourth-order valence-electron chi connectivity index (χ4n) is 1.97. The summed E-state index contributed by atoms with van der Waals surface area (Å²) in [6, 6.07) is 0. The minimum absolute atomic E-state index is 0.0205. The Labute approximate surface area is 122 Å². The molecule has 0 bridgehead atoms. The second-order valence-corrected chi connectivity index (χ2v) is 5.75. The molecule has 1 aromatic heterocycles. The number of likely N-dealkylation sites (N-methyl/N-ethyl adjacent to an activating group) is 1. The highest BCUT2D eigenvalue weighted by molar-refractivity contribution is 7.18. The molecule has 1 aromatic rings. The van der Waals surface area contributed by atoms with Gasteiger partial charge in [0.15, 0.2) is 5.13 Å². The molecule has 0 unspecified atom stereocenters. The third-order valence-corrected chi connectivity index (χ3v) is 4.24. The third-order valence-electron chi connectivity index (χ3n) is 3.22. The summed E-state index contributed by atoms with van der Waals surface area (Å²) >= 11 is 1.30. The molecule has 0 atom stereocenters. The number of nitrogens with one attached hydrogen (secondary N) is 1. The molecule has 0 aromatic carbocycles. The minimum Gasteiger partial charge on any atom is -0.383 e. The minimum atomic E-state index is -0.0205. The van der Waals surface area contributed by atoms with E-state index in [0.29, 0.717) is 29.0 Å². The number of carbonyl (C=O) groups excluding carboxylic acids is 1. The Morgan fingerprint density at radius 1 is 1.45 bits per heavy atom. The van der Waals surface area contributed by atoms with Crippen molar-refractivity contribution in [1.29, 1.82) is 0 Å². The van der Waals surface area contributed by atoms with E-state index in [9.17, 15) is 4.79 Å². The number of methoxy groups -OCH3 is 1. The normalized spacial score (nSPS) is 16.4. The monoisotopic (exact) mass is 299 g/mol. The second-order valence-electron chi connectivity index (χ2n) is 4.75. The number of rotatable bonds is 5. The van der Waals surface area contributed by atoms with Gasteiger partial charge in [0.25, 0.3) is 5.91 Å². The van der Waals surface area contributed by atoms with Crippen molar-refractivity contribution in [3.8, 4) is 0 Å². The number of piperazine rings is 1. The van der Waals surface area contributed by atoms with Crippen molar-refractivity contribution in [2.45, 2.75) is 0 Å². The highest BCUT2D eigenvalue weighted by Crippen LogP contribution is 2.26. The van der Waals surface area contributed by atoms with Crippen molar-refractivity contribution in [3.05, 3.63) is 4.88 Å². The van der Waals surface area contributed by atoms with Gasteiger partial charge in [-0.15, -0.1) is 0 Å². The topological polar surface area (TPSA) is 83.7 Å². The van der Waals surface area contributed by atoms with Gasteiger partial charge in [-0.25, -0.2) is 4.98 Å². The highest BCUT2D eigenvalue weighted by atomic mass is 32.1. The third kappa shape index (κ3) is 3.59.